The zero-order chi connectivity index (χ0) is 17.3. The van der Waals surface area contributed by atoms with Crippen LogP contribution >= 0.6 is 11.6 Å². The summed E-state index contributed by atoms with van der Waals surface area (Å²) in [7, 11) is 0. The fraction of sp³-hybridized carbons (Fsp3) is 0.438. The van der Waals surface area contributed by atoms with Crippen LogP contribution in [-0.4, -0.2) is 38.0 Å². The van der Waals surface area contributed by atoms with Gasteiger partial charge < -0.3 is 9.47 Å². The Morgan fingerprint density at radius 1 is 1.29 bits per heavy atom. The van der Waals surface area contributed by atoms with Crippen molar-refractivity contribution in [2.75, 3.05) is 6.54 Å². The summed E-state index contributed by atoms with van der Waals surface area (Å²) < 4.78 is 28.0. The fourth-order valence-electron chi connectivity index (χ4n) is 2.75. The molecule has 2 heterocycles. The average Bonchev–Trinajstić information content (AvgIpc) is 2.90. The van der Waals surface area contributed by atoms with E-state index >= 15 is 0 Å². The van der Waals surface area contributed by atoms with Gasteiger partial charge in [-0.05, 0) is 18.6 Å². The highest BCUT2D eigenvalue weighted by Crippen LogP contribution is 2.22. The van der Waals surface area contributed by atoms with Crippen molar-refractivity contribution in [3.05, 3.63) is 46.5 Å². The lowest BCUT2D eigenvalue weighted by Crippen LogP contribution is -2.40. The molecule has 128 valence electrons. The van der Waals surface area contributed by atoms with Crippen LogP contribution in [0.3, 0.4) is 0 Å². The van der Waals surface area contributed by atoms with E-state index in [1.54, 1.807) is 0 Å². The minimum Gasteiger partial charge on any atom is -0.333 e. The molecule has 1 aliphatic rings. The van der Waals surface area contributed by atoms with Crippen molar-refractivity contribution in [2.45, 2.75) is 38.8 Å². The van der Waals surface area contributed by atoms with E-state index in [9.17, 15) is 13.6 Å². The van der Waals surface area contributed by atoms with Gasteiger partial charge in [0, 0.05) is 24.5 Å². The maximum Gasteiger partial charge on any atom is 0.254 e. The van der Waals surface area contributed by atoms with Crippen molar-refractivity contribution in [1.29, 1.82) is 0 Å². The number of carbonyl (C=O) groups excluding carboxylic acids is 1. The fourth-order valence-corrected chi connectivity index (χ4v) is 2.95. The zero-order valence-corrected chi connectivity index (χ0v) is 13.9. The highest BCUT2D eigenvalue weighted by molar-refractivity contribution is 6.31. The Hall–Kier alpha value is -2.02. The monoisotopic (exact) mass is 354 g/mol. The number of amides is 1. The van der Waals surface area contributed by atoms with Gasteiger partial charge in [-0.2, -0.15) is 0 Å². The van der Waals surface area contributed by atoms with Crippen LogP contribution in [0.2, 0.25) is 5.02 Å². The molecule has 0 aliphatic carbocycles. The summed E-state index contributed by atoms with van der Waals surface area (Å²) >= 11 is 6.17. The van der Waals surface area contributed by atoms with Crippen LogP contribution in [0.15, 0.2) is 24.3 Å². The van der Waals surface area contributed by atoms with Crippen LogP contribution in [0.4, 0.5) is 8.78 Å². The molecule has 1 aromatic carbocycles. The molecule has 24 heavy (non-hydrogen) atoms. The van der Waals surface area contributed by atoms with Gasteiger partial charge in [0.25, 0.3) is 5.92 Å². The maximum atomic E-state index is 13.0. The molecule has 1 aromatic heterocycles. The smallest absolute Gasteiger partial charge is 0.254 e. The molecule has 0 atom stereocenters. The van der Waals surface area contributed by atoms with Crippen LogP contribution in [0.1, 0.15) is 30.6 Å². The summed E-state index contributed by atoms with van der Waals surface area (Å²) in [5.41, 5.74) is 0.943. The number of alkyl halides is 2. The Balaban J connectivity index is 1.73. The lowest BCUT2D eigenvalue weighted by Gasteiger charge is -2.28. The van der Waals surface area contributed by atoms with Crippen LogP contribution < -0.4 is 0 Å². The summed E-state index contributed by atoms with van der Waals surface area (Å²) in [5.74, 6) is -2.20. The van der Waals surface area contributed by atoms with Gasteiger partial charge in [-0.3, -0.25) is 4.79 Å². The summed E-state index contributed by atoms with van der Waals surface area (Å²) in [6.45, 7) is 1.81. The molecule has 0 spiro atoms. The minimum absolute atomic E-state index is 0.199. The van der Waals surface area contributed by atoms with Crippen molar-refractivity contribution < 1.29 is 13.6 Å². The van der Waals surface area contributed by atoms with Crippen LogP contribution in [-0.2, 0) is 24.3 Å². The number of halogens is 3. The van der Waals surface area contributed by atoms with Gasteiger partial charge in [0.05, 0.1) is 13.0 Å². The average molecular weight is 355 g/mol. The number of aromatic nitrogens is 3. The molecule has 1 amide bonds. The van der Waals surface area contributed by atoms with E-state index in [-0.39, 0.29) is 6.54 Å². The van der Waals surface area contributed by atoms with E-state index in [1.807, 2.05) is 28.8 Å². The van der Waals surface area contributed by atoms with Crippen molar-refractivity contribution in [3.63, 3.8) is 0 Å². The minimum atomic E-state index is -3.00. The first-order valence-corrected chi connectivity index (χ1v) is 8.01. The van der Waals surface area contributed by atoms with Gasteiger partial charge in [-0.15, -0.1) is 10.2 Å². The van der Waals surface area contributed by atoms with Crippen LogP contribution in [0, 0.1) is 0 Å². The normalized spacial score (nSPS) is 14.6. The first-order valence-electron chi connectivity index (χ1n) is 7.63. The van der Waals surface area contributed by atoms with E-state index < -0.39 is 18.3 Å². The molecule has 0 saturated heterocycles. The third kappa shape index (κ3) is 3.72. The van der Waals surface area contributed by atoms with Gasteiger partial charge in [-0.25, -0.2) is 8.78 Å². The predicted octanol–water partition coefficient (Wildman–Crippen LogP) is 2.91. The van der Waals surface area contributed by atoms with E-state index in [4.69, 9.17) is 11.6 Å². The molecule has 5 nitrogen and oxygen atoms in total. The SMILES string of the molecule is CC(F)(F)CC(=O)N1CCn2c(Cc3ccccc3Cl)nnc2C1. The standard InChI is InChI=1S/C16H17ClF2N4O/c1-16(18,19)9-15(24)22-6-7-23-13(20-21-14(23)10-22)8-11-4-2-3-5-12(11)17/h2-5H,6-10H2,1H3. The van der Waals surface area contributed by atoms with E-state index in [2.05, 4.69) is 10.2 Å². The van der Waals surface area contributed by atoms with Crippen molar-refractivity contribution in [1.82, 2.24) is 19.7 Å². The second-order valence-electron chi connectivity index (χ2n) is 6.01. The third-order valence-corrected chi connectivity index (χ3v) is 4.32. The molecule has 0 N–H and O–H groups in total. The van der Waals surface area contributed by atoms with Gasteiger partial charge in [-0.1, -0.05) is 29.8 Å². The van der Waals surface area contributed by atoms with Gasteiger partial charge in [0.1, 0.15) is 5.82 Å². The number of nitrogens with zero attached hydrogens (tertiary/aromatic N) is 4. The first kappa shape index (κ1) is 16.8. The first-order chi connectivity index (χ1) is 11.3. The van der Waals surface area contributed by atoms with E-state index in [0.29, 0.717) is 30.4 Å². The van der Waals surface area contributed by atoms with Gasteiger partial charge in [0.2, 0.25) is 5.91 Å². The Morgan fingerprint density at radius 2 is 2.04 bits per heavy atom. The van der Waals surface area contributed by atoms with Gasteiger partial charge >= 0.3 is 0 Å². The lowest BCUT2D eigenvalue weighted by molar-refractivity contribution is -0.139. The van der Waals surface area contributed by atoms with Crippen LogP contribution in [0.25, 0.3) is 0 Å². The lowest BCUT2D eigenvalue weighted by atomic mass is 10.1. The van der Waals surface area contributed by atoms with Crippen molar-refractivity contribution >= 4 is 17.5 Å². The topological polar surface area (TPSA) is 51.0 Å². The largest absolute Gasteiger partial charge is 0.333 e. The number of hydrogen-bond donors (Lipinski definition) is 0. The van der Waals surface area contributed by atoms with Crippen LogP contribution in [0.5, 0.6) is 0 Å². The molecular weight excluding hydrogens is 338 g/mol. The second kappa shape index (κ2) is 6.47. The Morgan fingerprint density at radius 3 is 2.75 bits per heavy atom. The van der Waals surface area contributed by atoms with Crippen molar-refractivity contribution in [3.8, 4) is 0 Å². The molecule has 0 radical (unpaired) electrons. The van der Waals surface area contributed by atoms with Crippen molar-refractivity contribution in [2.24, 2.45) is 0 Å². The number of rotatable bonds is 4. The maximum absolute atomic E-state index is 13.0. The molecule has 3 rings (SSSR count). The summed E-state index contributed by atoms with van der Waals surface area (Å²) in [4.78, 5) is 13.3. The Bertz CT molecular complexity index is 757. The second-order valence-corrected chi connectivity index (χ2v) is 6.42. The van der Waals surface area contributed by atoms with E-state index in [1.165, 1.54) is 4.90 Å². The highest BCUT2D eigenvalue weighted by Gasteiger charge is 2.31. The molecule has 0 bridgehead atoms. The predicted molar refractivity (Wildman–Crippen MR) is 84.9 cm³/mol. The quantitative estimate of drug-likeness (QED) is 0.848. The molecule has 0 fully saturated rings. The Labute approximate surface area is 143 Å². The molecular formula is C16H17ClF2N4O. The molecule has 0 saturated carbocycles. The molecule has 1 aliphatic heterocycles. The third-order valence-electron chi connectivity index (χ3n) is 3.95. The number of fused-ring (bicyclic) bond motifs is 1. The number of hydrogen-bond acceptors (Lipinski definition) is 3. The Kier molecular flexibility index (Phi) is 4.54. The van der Waals surface area contributed by atoms with E-state index in [0.717, 1.165) is 18.3 Å². The summed E-state index contributed by atoms with van der Waals surface area (Å²) in [5, 5.41) is 8.93. The van der Waals surface area contributed by atoms with Gasteiger partial charge in [0.15, 0.2) is 5.82 Å². The molecule has 2 aromatic rings. The zero-order valence-electron chi connectivity index (χ0n) is 13.2. The highest BCUT2D eigenvalue weighted by atomic mass is 35.5. The summed E-state index contributed by atoms with van der Waals surface area (Å²) in [6.07, 6.45) is -0.249. The molecule has 0 unspecified atom stereocenters. The summed E-state index contributed by atoms with van der Waals surface area (Å²) in [6, 6.07) is 7.50. The number of benzene rings is 1. The number of carbonyl (C=O) groups is 1. The molecule has 8 heteroatoms.